The van der Waals surface area contributed by atoms with Crippen molar-refractivity contribution in [3.05, 3.63) is 17.9 Å². The SMILES string of the molecule is CCC(C)C(O)CNC(=O)c1ccc(SC)o1. The fraction of sp³-hybridized carbons (Fsp3) is 0.583. The fourth-order valence-electron chi connectivity index (χ4n) is 1.31. The third-order valence-electron chi connectivity index (χ3n) is 2.78. The van der Waals surface area contributed by atoms with Crippen LogP contribution in [0.15, 0.2) is 21.6 Å². The molecule has 0 radical (unpaired) electrons. The summed E-state index contributed by atoms with van der Waals surface area (Å²) in [6, 6.07) is 3.39. The molecule has 4 nitrogen and oxygen atoms in total. The highest BCUT2D eigenvalue weighted by Crippen LogP contribution is 2.17. The molecule has 0 aromatic carbocycles. The Hall–Kier alpha value is -0.940. The lowest BCUT2D eigenvalue weighted by molar-refractivity contribution is 0.0823. The van der Waals surface area contributed by atoms with Gasteiger partial charge in [-0.25, -0.2) is 0 Å². The number of carbonyl (C=O) groups is 1. The molecule has 0 spiro atoms. The largest absolute Gasteiger partial charge is 0.445 e. The maximum Gasteiger partial charge on any atom is 0.287 e. The van der Waals surface area contributed by atoms with Crippen LogP contribution in [0, 0.1) is 5.92 Å². The number of nitrogens with one attached hydrogen (secondary N) is 1. The lowest BCUT2D eigenvalue weighted by atomic mass is 10.0. The summed E-state index contributed by atoms with van der Waals surface area (Å²) in [7, 11) is 0. The normalized spacial score (nSPS) is 14.4. The van der Waals surface area contributed by atoms with Gasteiger partial charge in [-0.3, -0.25) is 4.79 Å². The zero-order valence-electron chi connectivity index (χ0n) is 10.4. The first kappa shape index (κ1) is 14.1. The molecule has 0 aliphatic carbocycles. The van der Waals surface area contributed by atoms with Crippen LogP contribution < -0.4 is 5.32 Å². The monoisotopic (exact) mass is 257 g/mol. The first-order chi connectivity index (χ1) is 8.08. The second-order valence-electron chi connectivity index (χ2n) is 3.99. The highest BCUT2D eigenvalue weighted by atomic mass is 32.2. The van der Waals surface area contributed by atoms with Crippen LogP contribution in [-0.2, 0) is 0 Å². The van der Waals surface area contributed by atoms with Crippen molar-refractivity contribution in [3.8, 4) is 0 Å². The molecular weight excluding hydrogens is 238 g/mol. The molecule has 5 heteroatoms. The minimum Gasteiger partial charge on any atom is -0.445 e. The van der Waals surface area contributed by atoms with Gasteiger partial charge >= 0.3 is 0 Å². The second kappa shape index (κ2) is 6.71. The van der Waals surface area contributed by atoms with Gasteiger partial charge in [0.25, 0.3) is 5.91 Å². The van der Waals surface area contributed by atoms with Crippen molar-refractivity contribution in [1.82, 2.24) is 5.32 Å². The summed E-state index contributed by atoms with van der Waals surface area (Å²) in [6.45, 7) is 4.21. The fourth-order valence-corrected chi connectivity index (χ4v) is 1.69. The second-order valence-corrected chi connectivity index (χ2v) is 4.80. The smallest absolute Gasteiger partial charge is 0.287 e. The Bertz CT molecular complexity index is 364. The van der Waals surface area contributed by atoms with Crippen LogP contribution in [0.25, 0.3) is 0 Å². The third kappa shape index (κ3) is 4.09. The van der Waals surface area contributed by atoms with Gasteiger partial charge < -0.3 is 14.8 Å². The van der Waals surface area contributed by atoms with Gasteiger partial charge in [0.2, 0.25) is 0 Å². The number of hydrogen-bond donors (Lipinski definition) is 2. The van der Waals surface area contributed by atoms with Gasteiger partial charge in [0.15, 0.2) is 10.9 Å². The number of furan rings is 1. The van der Waals surface area contributed by atoms with Crippen molar-refractivity contribution in [2.45, 2.75) is 31.5 Å². The molecule has 1 aromatic rings. The van der Waals surface area contributed by atoms with Gasteiger partial charge in [-0.2, -0.15) is 0 Å². The molecule has 1 aromatic heterocycles. The van der Waals surface area contributed by atoms with Gasteiger partial charge in [-0.05, 0) is 24.3 Å². The molecule has 2 unspecified atom stereocenters. The maximum atomic E-state index is 11.7. The van der Waals surface area contributed by atoms with E-state index in [9.17, 15) is 9.90 Å². The molecule has 0 bridgehead atoms. The first-order valence-corrected chi connectivity index (χ1v) is 6.91. The third-order valence-corrected chi connectivity index (χ3v) is 3.40. The number of rotatable bonds is 6. The van der Waals surface area contributed by atoms with Crippen LogP contribution in [-0.4, -0.2) is 29.9 Å². The number of carbonyl (C=O) groups excluding carboxylic acids is 1. The van der Waals surface area contributed by atoms with Gasteiger partial charge in [-0.15, -0.1) is 0 Å². The summed E-state index contributed by atoms with van der Waals surface area (Å²) in [4.78, 5) is 11.7. The minimum atomic E-state index is -0.515. The molecule has 2 atom stereocenters. The van der Waals surface area contributed by atoms with Crippen molar-refractivity contribution in [2.75, 3.05) is 12.8 Å². The van der Waals surface area contributed by atoms with Gasteiger partial charge in [0.1, 0.15) is 0 Å². The molecular formula is C12H19NO3S. The zero-order chi connectivity index (χ0) is 12.8. The molecule has 0 saturated carbocycles. The number of amides is 1. The quantitative estimate of drug-likeness (QED) is 0.766. The Labute approximate surface area is 106 Å². The van der Waals surface area contributed by atoms with Crippen LogP contribution in [0.2, 0.25) is 0 Å². The van der Waals surface area contributed by atoms with E-state index in [4.69, 9.17) is 4.42 Å². The standard InChI is InChI=1S/C12H19NO3S/c1-4-8(2)9(14)7-13-12(15)10-5-6-11(16-10)17-3/h5-6,8-9,14H,4,7H2,1-3H3,(H,13,15). The summed E-state index contributed by atoms with van der Waals surface area (Å²) >= 11 is 1.44. The summed E-state index contributed by atoms with van der Waals surface area (Å²) in [5.74, 6) is 0.173. The van der Waals surface area contributed by atoms with E-state index in [0.29, 0.717) is 5.09 Å². The van der Waals surface area contributed by atoms with Crippen LogP contribution in [0.1, 0.15) is 30.8 Å². The van der Waals surface area contributed by atoms with E-state index in [0.717, 1.165) is 6.42 Å². The van der Waals surface area contributed by atoms with E-state index < -0.39 is 6.10 Å². The molecule has 1 heterocycles. The van der Waals surface area contributed by atoms with Crippen LogP contribution in [0.5, 0.6) is 0 Å². The summed E-state index contributed by atoms with van der Waals surface area (Å²) in [5, 5.41) is 13.1. The molecule has 0 aliphatic rings. The van der Waals surface area contributed by atoms with E-state index in [1.165, 1.54) is 11.8 Å². The Morgan fingerprint density at radius 2 is 2.29 bits per heavy atom. The molecule has 2 N–H and O–H groups in total. The average Bonchev–Trinajstić information content (AvgIpc) is 2.83. The predicted molar refractivity (Wildman–Crippen MR) is 68.3 cm³/mol. The van der Waals surface area contributed by atoms with E-state index in [-0.39, 0.29) is 24.1 Å². The summed E-state index contributed by atoms with van der Waals surface area (Å²) in [5.41, 5.74) is 0. The van der Waals surface area contributed by atoms with Crippen molar-refractivity contribution < 1.29 is 14.3 Å². The van der Waals surface area contributed by atoms with Gasteiger partial charge in [0.05, 0.1) is 6.10 Å². The van der Waals surface area contributed by atoms with E-state index in [1.54, 1.807) is 12.1 Å². The van der Waals surface area contributed by atoms with E-state index in [2.05, 4.69) is 5.32 Å². The van der Waals surface area contributed by atoms with Crippen LogP contribution in [0.4, 0.5) is 0 Å². The topological polar surface area (TPSA) is 62.5 Å². The number of hydrogen-bond acceptors (Lipinski definition) is 4. The highest BCUT2D eigenvalue weighted by Gasteiger charge is 2.15. The Morgan fingerprint density at radius 1 is 1.59 bits per heavy atom. The molecule has 17 heavy (non-hydrogen) atoms. The van der Waals surface area contributed by atoms with Crippen molar-refractivity contribution >= 4 is 17.7 Å². The molecule has 0 fully saturated rings. The van der Waals surface area contributed by atoms with Crippen molar-refractivity contribution in [2.24, 2.45) is 5.92 Å². The molecule has 0 saturated heterocycles. The average molecular weight is 257 g/mol. The van der Waals surface area contributed by atoms with Crippen LogP contribution >= 0.6 is 11.8 Å². The zero-order valence-corrected chi connectivity index (χ0v) is 11.2. The van der Waals surface area contributed by atoms with E-state index in [1.807, 2.05) is 20.1 Å². The number of thioether (sulfide) groups is 1. The molecule has 1 rings (SSSR count). The minimum absolute atomic E-state index is 0.175. The summed E-state index contributed by atoms with van der Waals surface area (Å²) in [6.07, 6.45) is 2.25. The lowest BCUT2D eigenvalue weighted by Crippen LogP contribution is -2.35. The Kier molecular flexibility index (Phi) is 5.58. The summed E-state index contributed by atoms with van der Waals surface area (Å²) < 4.78 is 5.28. The Balaban J connectivity index is 2.44. The first-order valence-electron chi connectivity index (χ1n) is 5.68. The predicted octanol–water partition coefficient (Wildman–Crippen LogP) is 2.14. The molecule has 96 valence electrons. The lowest BCUT2D eigenvalue weighted by Gasteiger charge is -2.16. The van der Waals surface area contributed by atoms with Gasteiger partial charge in [0, 0.05) is 6.54 Å². The maximum absolute atomic E-state index is 11.7. The molecule has 1 amide bonds. The van der Waals surface area contributed by atoms with Crippen molar-refractivity contribution in [1.29, 1.82) is 0 Å². The van der Waals surface area contributed by atoms with Gasteiger partial charge in [-0.1, -0.05) is 32.0 Å². The Morgan fingerprint density at radius 3 is 2.82 bits per heavy atom. The number of aliphatic hydroxyl groups is 1. The van der Waals surface area contributed by atoms with Crippen LogP contribution in [0.3, 0.4) is 0 Å². The number of aliphatic hydroxyl groups excluding tert-OH is 1. The van der Waals surface area contributed by atoms with E-state index >= 15 is 0 Å². The van der Waals surface area contributed by atoms with Crippen molar-refractivity contribution in [3.63, 3.8) is 0 Å². The highest BCUT2D eigenvalue weighted by molar-refractivity contribution is 7.98. The molecule has 0 aliphatic heterocycles.